The number of hydrogen-bond donors (Lipinski definition) is 1. The summed E-state index contributed by atoms with van der Waals surface area (Å²) in [5, 5.41) is 10.9. The van der Waals surface area contributed by atoms with E-state index in [0.29, 0.717) is 37.3 Å². The van der Waals surface area contributed by atoms with Crippen molar-refractivity contribution in [1.29, 1.82) is 0 Å². The fraction of sp³-hybridized carbons (Fsp3) is 0.600. The van der Waals surface area contributed by atoms with Gasteiger partial charge in [-0.15, -0.1) is 0 Å². The third kappa shape index (κ3) is 2.18. The van der Waals surface area contributed by atoms with Crippen molar-refractivity contribution in [2.45, 2.75) is 56.3 Å². The quantitative estimate of drug-likeness (QED) is 0.807. The Kier molecular flexibility index (Phi) is 4.10. The first-order chi connectivity index (χ1) is 12.9. The molecular formula is C20H25NO6. The third-order valence-electron chi connectivity index (χ3n) is 6.42. The van der Waals surface area contributed by atoms with Gasteiger partial charge in [0, 0.05) is 13.5 Å². The van der Waals surface area contributed by atoms with Crippen molar-refractivity contribution in [3.8, 4) is 11.5 Å². The molecule has 1 spiro atoms. The summed E-state index contributed by atoms with van der Waals surface area (Å²) in [7, 11) is 3.15. The van der Waals surface area contributed by atoms with Crippen LogP contribution in [0.15, 0.2) is 12.1 Å². The minimum atomic E-state index is -1.36. The van der Waals surface area contributed by atoms with Crippen LogP contribution in [0.3, 0.4) is 0 Å². The summed E-state index contributed by atoms with van der Waals surface area (Å²) in [6, 6.07) is 3.82. The lowest BCUT2D eigenvalue weighted by molar-refractivity contribution is -0.192. The first-order valence-corrected chi connectivity index (χ1v) is 9.36. The molecule has 27 heavy (non-hydrogen) atoms. The van der Waals surface area contributed by atoms with Crippen molar-refractivity contribution >= 4 is 11.9 Å². The van der Waals surface area contributed by atoms with Gasteiger partial charge in [-0.1, -0.05) is 6.42 Å². The molecule has 3 aliphatic rings. The zero-order valence-corrected chi connectivity index (χ0v) is 15.9. The van der Waals surface area contributed by atoms with Crippen molar-refractivity contribution < 1.29 is 28.9 Å². The predicted octanol–water partition coefficient (Wildman–Crippen LogP) is 1.53. The summed E-state index contributed by atoms with van der Waals surface area (Å²) in [5.74, 6) is 0.333. The molecule has 0 radical (unpaired) electrons. The second-order valence-electron chi connectivity index (χ2n) is 7.56. The van der Waals surface area contributed by atoms with Gasteiger partial charge in [0.05, 0.1) is 14.2 Å². The number of methoxy groups -OCH3 is 2. The Morgan fingerprint density at radius 2 is 1.85 bits per heavy atom. The Morgan fingerprint density at radius 1 is 1.19 bits per heavy atom. The number of aliphatic hydroxyl groups is 1. The van der Waals surface area contributed by atoms with Crippen molar-refractivity contribution in [2.24, 2.45) is 0 Å². The van der Waals surface area contributed by atoms with Gasteiger partial charge < -0.3 is 24.2 Å². The maximum atomic E-state index is 13.0. The predicted molar refractivity (Wildman–Crippen MR) is 95.6 cm³/mol. The van der Waals surface area contributed by atoms with Gasteiger partial charge in [-0.3, -0.25) is 9.59 Å². The largest absolute Gasteiger partial charge is 0.493 e. The second-order valence-corrected chi connectivity index (χ2v) is 7.56. The number of aliphatic hydroxyl groups excluding tert-OH is 1. The molecule has 1 N–H and O–H groups in total. The lowest BCUT2D eigenvalue weighted by Crippen LogP contribution is -2.63. The first-order valence-electron chi connectivity index (χ1n) is 9.36. The highest BCUT2D eigenvalue weighted by molar-refractivity contribution is 5.89. The van der Waals surface area contributed by atoms with Crippen molar-refractivity contribution in [3.05, 3.63) is 23.3 Å². The Morgan fingerprint density at radius 3 is 2.52 bits per heavy atom. The zero-order valence-electron chi connectivity index (χ0n) is 15.9. The number of carbonyl (C=O) groups is 2. The van der Waals surface area contributed by atoms with Crippen LogP contribution in [-0.2, 0) is 26.3 Å². The van der Waals surface area contributed by atoms with Crippen molar-refractivity contribution in [1.82, 2.24) is 4.90 Å². The van der Waals surface area contributed by atoms with Crippen LogP contribution in [-0.4, -0.2) is 54.4 Å². The van der Waals surface area contributed by atoms with E-state index in [1.165, 1.54) is 6.92 Å². The number of carbonyl (C=O) groups excluding carboxylic acids is 2. The van der Waals surface area contributed by atoms with Gasteiger partial charge in [-0.25, -0.2) is 0 Å². The van der Waals surface area contributed by atoms with E-state index in [2.05, 4.69) is 0 Å². The lowest BCUT2D eigenvalue weighted by atomic mass is 9.63. The Balaban J connectivity index is 2.00. The number of rotatable bonds is 3. The minimum Gasteiger partial charge on any atom is -0.493 e. The lowest BCUT2D eigenvalue weighted by Gasteiger charge is -2.54. The fourth-order valence-electron chi connectivity index (χ4n) is 5.45. The fourth-order valence-corrected chi connectivity index (χ4v) is 5.45. The van der Waals surface area contributed by atoms with E-state index in [0.717, 1.165) is 24.0 Å². The second kappa shape index (κ2) is 6.12. The van der Waals surface area contributed by atoms with Crippen LogP contribution in [0, 0.1) is 0 Å². The van der Waals surface area contributed by atoms with Gasteiger partial charge in [0.15, 0.2) is 23.2 Å². The third-order valence-corrected chi connectivity index (χ3v) is 6.42. The summed E-state index contributed by atoms with van der Waals surface area (Å²) < 4.78 is 16.7. The van der Waals surface area contributed by atoms with Crippen LogP contribution in [0.1, 0.15) is 43.7 Å². The molecule has 0 aromatic heterocycles. The smallest absolute Gasteiger partial charge is 0.303 e. The molecule has 4 rings (SSSR count). The number of nitrogens with zero attached hydrogens (tertiary/aromatic N) is 1. The Bertz CT molecular complexity index is 808. The molecule has 2 fully saturated rings. The van der Waals surface area contributed by atoms with Crippen LogP contribution in [0.2, 0.25) is 0 Å². The van der Waals surface area contributed by atoms with Gasteiger partial charge in [0.2, 0.25) is 0 Å². The maximum Gasteiger partial charge on any atom is 0.303 e. The molecule has 1 saturated carbocycles. The summed E-state index contributed by atoms with van der Waals surface area (Å²) in [4.78, 5) is 26.7. The number of amides is 1. The summed E-state index contributed by atoms with van der Waals surface area (Å²) in [5.41, 5.74) is -0.231. The van der Waals surface area contributed by atoms with Crippen molar-refractivity contribution in [2.75, 3.05) is 20.8 Å². The molecule has 1 saturated heterocycles. The van der Waals surface area contributed by atoms with E-state index in [1.54, 1.807) is 19.1 Å². The molecule has 1 aromatic carbocycles. The molecule has 0 bridgehead atoms. The normalized spacial score (nSPS) is 31.6. The van der Waals surface area contributed by atoms with Crippen LogP contribution in [0.25, 0.3) is 0 Å². The standard InChI is InChI=1S/C20H25NO6/c1-12(22)27-20-8-5-4-7-19(20)14-11-16(26-3)15(25-2)10-13(14)6-9-21(19)18(24)17(20)23/h10-11,17,23H,4-9H2,1-3H3/t17-,19-,20+/m1/s1. The monoisotopic (exact) mass is 375 g/mol. The number of fused-ring (bicyclic) bond motifs is 1. The molecule has 2 heterocycles. The van der Waals surface area contributed by atoms with Crippen LogP contribution in [0.5, 0.6) is 11.5 Å². The van der Waals surface area contributed by atoms with E-state index in [1.807, 2.05) is 12.1 Å². The number of esters is 1. The van der Waals surface area contributed by atoms with E-state index in [9.17, 15) is 14.7 Å². The van der Waals surface area contributed by atoms with E-state index < -0.39 is 23.2 Å². The summed E-state index contributed by atoms with van der Waals surface area (Å²) in [6.07, 6.45) is 2.03. The molecule has 1 amide bonds. The minimum absolute atomic E-state index is 0.362. The average molecular weight is 375 g/mol. The summed E-state index contributed by atoms with van der Waals surface area (Å²) >= 11 is 0. The van der Waals surface area contributed by atoms with Crippen molar-refractivity contribution in [3.63, 3.8) is 0 Å². The highest BCUT2D eigenvalue weighted by Crippen LogP contribution is 2.60. The topological polar surface area (TPSA) is 85.3 Å². The highest BCUT2D eigenvalue weighted by atomic mass is 16.6. The van der Waals surface area contributed by atoms with Crippen LogP contribution in [0.4, 0.5) is 0 Å². The molecule has 3 atom stereocenters. The molecular weight excluding hydrogens is 350 g/mol. The number of hydrogen-bond acceptors (Lipinski definition) is 6. The van der Waals surface area contributed by atoms with Gasteiger partial charge in [-0.05, 0) is 48.9 Å². The molecule has 1 aromatic rings. The Hall–Kier alpha value is -2.28. The number of ether oxygens (including phenoxy) is 3. The SMILES string of the molecule is COc1cc2c(cc1OC)[C@]13CCCC[C@]1(OC(C)=O)[C@H](O)C(=O)N3CC2. The van der Waals surface area contributed by atoms with Crippen LogP contribution >= 0.6 is 0 Å². The first kappa shape index (κ1) is 18.1. The van der Waals surface area contributed by atoms with Gasteiger partial charge in [0.25, 0.3) is 5.91 Å². The molecule has 0 unspecified atom stereocenters. The molecule has 7 nitrogen and oxygen atoms in total. The van der Waals surface area contributed by atoms with E-state index >= 15 is 0 Å². The average Bonchev–Trinajstić information content (AvgIpc) is 2.85. The maximum absolute atomic E-state index is 13.0. The van der Waals surface area contributed by atoms with Gasteiger partial charge >= 0.3 is 5.97 Å². The molecule has 2 aliphatic heterocycles. The zero-order chi connectivity index (χ0) is 19.4. The molecule has 146 valence electrons. The number of benzene rings is 1. The molecule has 7 heteroatoms. The van der Waals surface area contributed by atoms with Gasteiger partial charge in [-0.2, -0.15) is 0 Å². The summed E-state index contributed by atoms with van der Waals surface area (Å²) in [6.45, 7) is 1.80. The Labute approximate surface area is 158 Å². The van der Waals surface area contributed by atoms with E-state index in [4.69, 9.17) is 14.2 Å². The van der Waals surface area contributed by atoms with Crippen LogP contribution < -0.4 is 9.47 Å². The van der Waals surface area contributed by atoms with E-state index in [-0.39, 0.29) is 5.91 Å². The van der Waals surface area contributed by atoms with Gasteiger partial charge in [0.1, 0.15) is 5.54 Å². The highest BCUT2D eigenvalue weighted by Gasteiger charge is 2.72. The molecule has 1 aliphatic carbocycles.